The first-order valence-corrected chi connectivity index (χ1v) is 9.94. The van der Waals surface area contributed by atoms with E-state index in [2.05, 4.69) is 72.6 Å². The Hall–Kier alpha value is -3.35. The Kier molecular flexibility index (Phi) is 7.29. The van der Waals surface area contributed by atoms with Crippen molar-refractivity contribution in [3.63, 3.8) is 0 Å². The molecule has 0 saturated carbocycles. The molecule has 4 aromatic rings. The van der Waals surface area contributed by atoms with Gasteiger partial charge in [0.05, 0.1) is 11.5 Å². The lowest BCUT2D eigenvalue weighted by molar-refractivity contribution is -0.516. The second kappa shape index (κ2) is 10.1. The van der Waals surface area contributed by atoms with Crippen molar-refractivity contribution < 1.29 is 26.7 Å². The van der Waals surface area contributed by atoms with Gasteiger partial charge < -0.3 is 21.7 Å². The zero-order valence-corrected chi connectivity index (χ0v) is 17.0. The normalized spacial score (nSPS) is 11.8. The van der Waals surface area contributed by atoms with E-state index in [1.165, 1.54) is 11.1 Å². The van der Waals surface area contributed by atoms with Crippen LogP contribution in [0.5, 0.6) is 0 Å². The summed E-state index contributed by atoms with van der Waals surface area (Å²) in [5.41, 5.74) is 4.55. The Bertz CT molecular complexity index is 1180. The zero-order valence-electron chi connectivity index (χ0n) is 17.0. The van der Waals surface area contributed by atoms with Gasteiger partial charge in [0.2, 0.25) is 5.36 Å². The molecule has 3 aromatic carbocycles. The topological polar surface area (TPSA) is 27.1 Å². The van der Waals surface area contributed by atoms with Crippen LogP contribution in [0.4, 0.5) is 17.3 Å². The van der Waals surface area contributed by atoms with Crippen LogP contribution >= 0.6 is 0 Å². The summed E-state index contributed by atoms with van der Waals surface area (Å²) in [5, 5.41) is 2.23. The van der Waals surface area contributed by atoms with Crippen LogP contribution in [0.2, 0.25) is 0 Å². The summed E-state index contributed by atoms with van der Waals surface area (Å²) < 4.78 is 45.2. The number of nitrogens with one attached hydrogen (secondary N) is 1. The molecule has 0 fully saturated rings. The van der Waals surface area contributed by atoms with Crippen LogP contribution in [0.15, 0.2) is 89.3 Å². The lowest BCUT2D eigenvalue weighted by atomic mass is 10.1. The Morgan fingerprint density at radius 2 is 1.39 bits per heavy atom. The van der Waals surface area contributed by atoms with E-state index in [0.717, 1.165) is 40.6 Å². The van der Waals surface area contributed by atoms with Crippen molar-refractivity contribution in [2.24, 2.45) is 0 Å². The Morgan fingerprint density at radius 3 is 2.00 bits per heavy atom. The minimum absolute atomic E-state index is 0.782. The van der Waals surface area contributed by atoms with Crippen LogP contribution in [0.25, 0.3) is 22.3 Å². The molecule has 0 bridgehead atoms. The van der Waals surface area contributed by atoms with Gasteiger partial charge in [0.15, 0.2) is 6.54 Å². The lowest BCUT2D eigenvalue weighted by Crippen LogP contribution is -2.75. The molecule has 0 saturated heterocycles. The fraction of sp³-hybridized carbons (Fsp3) is 0.125. The molecule has 0 radical (unpaired) electrons. The van der Waals surface area contributed by atoms with Gasteiger partial charge in [-0.3, -0.25) is 0 Å². The summed E-state index contributed by atoms with van der Waals surface area (Å²) in [6.07, 6.45) is 1.01. The van der Waals surface area contributed by atoms with Crippen LogP contribution in [0, 0.1) is 0 Å². The van der Waals surface area contributed by atoms with E-state index in [-0.39, 0.29) is 0 Å². The maximum absolute atomic E-state index is 9.75. The van der Waals surface area contributed by atoms with Gasteiger partial charge in [-0.05, 0) is 24.1 Å². The molecule has 0 spiro atoms. The van der Waals surface area contributed by atoms with Crippen LogP contribution < -0.4 is 10.3 Å². The average molecular weight is 427 g/mol. The monoisotopic (exact) mass is 427 g/mol. The summed E-state index contributed by atoms with van der Waals surface area (Å²) in [7, 11) is -6.00. The first-order chi connectivity index (χ1) is 14.8. The molecule has 7 heteroatoms. The molecule has 1 N–H and O–H groups in total. The Labute approximate surface area is 178 Å². The third-order valence-electron chi connectivity index (χ3n) is 4.62. The van der Waals surface area contributed by atoms with Crippen LogP contribution in [-0.4, -0.2) is 7.25 Å². The average Bonchev–Trinajstić information content (AvgIpc) is 2.77. The molecule has 0 atom stereocenters. The van der Waals surface area contributed by atoms with Crippen molar-refractivity contribution in [3.05, 3.63) is 101 Å². The van der Waals surface area contributed by atoms with Crippen molar-refractivity contribution >= 4 is 18.2 Å². The fourth-order valence-corrected chi connectivity index (χ4v) is 3.14. The molecule has 0 aliphatic rings. The lowest BCUT2D eigenvalue weighted by Gasteiger charge is -2.04. The number of halogens is 4. The predicted molar refractivity (Wildman–Crippen MR) is 115 cm³/mol. The molecule has 0 unspecified atom stereocenters. The smallest absolute Gasteiger partial charge is 0.456 e. The summed E-state index contributed by atoms with van der Waals surface area (Å²) in [6, 6.07) is 29.2. The molecule has 0 aliphatic carbocycles. The van der Waals surface area contributed by atoms with Crippen molar-refractivity contribution in [3.8, 4) is 11.3 Å². The number of rotatable bonds is 4. The van der Waals surface area contributed by atoms with E-state index in [0.29, 0.717) is 0 Å². The molecule has 0 amide bonds. The second-order valence-electron chi connectivity index (χ2n) is 6.91. The minimum atomic E-state index is -6.00. The SMILES string of the molecule is CCc1ccc2oc(-c3ccccc3)cc(=[NH+]Cc3ccccc3)c2c1.F[B-](F)(F)F. The quantitative estimate of drug-likeness (QED) is 0.354. The van der Waals surface area contributed by atoms with Gasteiger partial charge in [-0.15, -0.1) is 0 Å². The summed E-state index contributed by atoms with van der Waals surface area (Å²) in [4.78, 5) is 3.61. The summed E-state index contributed by atoms with van der Waals surface area (Å²) in [5.74, 6) is 0.873. The highest BCUT2D eigenvalue weighted by Gasteiger charge is 2.20. The zero-order chi connectivity index (χ0) is 22.3. The largest absolute Gasteiger partial charge is 0.673 e. The van der Waals surface area contributed by atoms with Gasteiger partial charge in [-0.1, -0.05) is 73.7 Å². The van der Waals surface area contributed by atoms with E-state index in [9.17, 15) is 17.3 Å². The summed E-state index contributed by atoms with van der Waals surface area (Å²) >= 11 is 0. The van der Waals surface area contributed by atoms with E-state index in [4.69, 9.17) is 4.42 Å². The van der Waals surface area contributed by atoms with Gasteiger partial charge >= 0.3 is 7.25 Å². The highest BCUT2D eigenvalue weighted by molar-refractivity contribution is 6.50. The number of aryl methyl sites for hydroxylation is 1. The number of hydrogen-bond donors (Lipinski definition) is 1. The minimum Gasteiger partial charge on any atom is -0.456 e. The Balaban J connectivity index is 0.000000491. The molecule has 2 nitrogen and oxygen atoms in total. The van der Waals surface area contributed by atoms with Gasteiger partial charge in [0, 0.05) is 11.1 Å². The third-order valence-corrected chi connectivity index (χ3v) is 4.62. The highest BCUT2D eigenvalue weighted by atomic mass is 19.5. The first-order valence-electron chi connectivity index (χ1n) is 9.94. The molecular weight excluding hydrogens is 405 g/mol. The molecular formula is C24H22BF4NO. The fourth-order valence-electron chi connectivity index (χ4n) is 3.14. The molecule has 4 rings (SSSR count). The maximum atomic E-state index is 9.75. The van der Waals surface area contributed by atoms with Crippen LogP contribution in [-0.2, 0) is 13.0 Å². The van der Waals surface area contributed by atoms with Gasteiger partial charge in [0.25, 0.3) is 0 Å². The van der Waals surface area contributed by atoms with Crippen molar-refractivity contribution in [2.75, 3.05) is 0 Å². The van der Waals surface area contributed by atoms with Crippen molar-refractivity contribution in [2.45, 2.75) is 19.9 Å². The number of benzene rings is 3. The first kappa shape index (κ1) is 22.3. The van der Waals surface area contributed by atoms with Gasteiger partial charge in [-0.25, -0.2) is 4.99 Å². The van der Waals surface area contributed by atoms with Crippen LogP contribution in [0.3, 0.4) is 0 Å². The van der Waals surface area contributed by atoms with Crippen molar-refractivity contribution in [1.82, 2.24) is 0 Å². The van der Waals surface area contributed by atoms with E-state index < -0.39 is 7.25 Å². The highest BCUT2D eigenvalue weighted by Crippen LogP contribution is 2.22. The van der Waals surface area contributed by atoms with E-state index in [1.54, 1.807) is 0 Å². The number of hydrogen-bond acceptors (Lipinski definition) is 1. The van der Waals surface area contributed by atoms with Gasteiger partial charge in [-0.2, -0.15) is 0 Å². The molecule has 1 aromatic heterocycles. The van der Waals surface area contributed by atoms with Crippen LogP contribution in [0.1, 0.15) is 18.1 Å². The maximum Gasteiger partial charge on any atom is 0.673 e. The molecule has 0 aliphatic heterocycles. The predicted octanol–water partition coefficient (Wildman–Crippen LogP) is 5.14. The number of fused-ring (bicyclic) bond motifs is 1. The standard InChI is InChI=1S/C24H21NO.BF4/c1-2-18-13-14-23-21(15-18)22(25-17-19-9-5-3-6-10-19)16-24(26-23)20-11-7-4-8-12-20;2-1(3,4)5/h3-16H,2,17H2,1H3;/q;-1/p+1. The van der Waals surface area contributed by atoms with Gasteiger partial charge in [0.1, 0.15) is 11.3 Å². The molecule has 160 valence electrons. The molecule has 31 heavy (non-hydrogen) atoms. The second-order valence-corrected chi connectivity index (χ2v) is 6.91. The Morgan fingerprint density at radius 1 is 0.774 bits per heavy atom. The van der Waals surface area contributed by atoms with E-state index in [1.807, 2.05) is 24.3 Å². The third kappa shape index (κ3) is 6.84. The summed E-state index contributed by atoms with van der Waals surface area (Å²) in [6.45, 7) is 2.96. The van der Waals surface area contributed by atoms with Crippen molar-refractivity contribution in [1.29, 1.82) is 0 Å². The van der Waals surface area contributed by atoms with E-state index >= 15 is 0 Å². The molecule has 1 heterocycles.